The summed E-state index contributed by atoms with van der Waals surface area (Å²) in [5.74, 6) is 1.26. The van der Waals surface area contributed by atoms with E-state index in [1.165, 1.54) is 32.1 Å². The molecule has 23 heavy (non-hydrogen) atoms. The highest BCUT2D eigenvalue weighted by Gasteiger charge is 2.32. The first kappa shape index (κ1) is 16.8. The standard InChI is InChI=1S/C19H27ClN2O/c1-13(16-11-21-12-16)19(23)22-18(14-6-3-2-4-7-14)15-8-5-9-17(20)10-15/h5,8-10,13-14,16,18,21H,2-4,6-7,11-12H2,1H3,(H,22,23). The Hall–Kier alpha value is -1.06. The summed E-state index contributed by atoms with van der Waals surface area (Å²) in [6, 6.07) is 8.08. The second-order valence-corrected chi connectivity index (χ2v) is 7.58. The van der Waals surface area contributed by atoms with Crippen molar-refractivity contribution in [1.29, 1.82) is 0 Å². The van der Waals surface area contributed by atoms with Crippen LogP contribution < -0.4 is 10.6 Å². The van der Waals surface area contributed by atoms with E-state index in [4.69, 9.17) is 11.6 Å². The summed E-state index contributed by atoms with van der Waals surface area (Å²) in [4.78, 5) is 12.7. The van der Waals surface area contributed by atoms with Crippen LogP contribution in [0.25, 0.3) is 0 Å². The van der Waals surface area contributed by atoms with Crippen molar-refractivity contribution < 1.29 is 4.79 Å². The van der Waals surface area contributed by atoms with Gasteiger partial charge in [0.25, 0.3) is 0 Å². The normalized spacial score (nSPS) is 22.2. The Balaban J connectivity index is 1.75. The van der Waals surface area contributed by atoms with Crippen LogP contribution in [0.5, 0.6) is 0 Å². The number of rotatable bonds is 5. The molecule has 3 rings (SSSR count). The Morgan fingerprint density at radius 3 is 2.57 bits per heavy atom. The van der Waals surface area contributed by atoms with Crippen LogP contribution >= 0.6 is 11.6 Å². The van der Waals surface area contributed by atoms with E-state index in [0.29, 0.717) is 11.8 Å². The van der Waals surface area contributed by atoms with Gasteiger partial charge in [0.15, 0.2) is 0 Å². The molecule has 1 aliphatic carbocycles. The van der Waals surface area contributed by atoms with E-state index in [1.807, 2.05) is 18.2 Å². The lowest BCUT2D eigenvalue weighted by atomic mass is 9.80. The molecule has 2 fully saturated rings. The maximum Gasteiger partial charge on any atom is 0.223 e. The molecule has 1 aromatic rings. The third-order valence-corrected chi connectivity index (χ3v) is 5.80. The van der Waals surface area contributed by atoms with Crippen LogP contribution in [0.2, 0.25) is 5.02 Å². The largest absolute Gasteiger partial charge is 0.349 e. The van der Waals surface area contributed by atoms with Gasteiger partial charge < -0.3 is 10.6 Å². The van der Waals surface area contributed by atoms with E-state index >= 15 is 0 Å². The van der Waals surface area contributed by atoms with Gasteiger partial charge in [-0.1, -0.05) is 49.9 Å². The molecule has 2 aliphatic rings. The van der Waals surface area contributed by atoms with E-state index in [-0.39, 0.29) is 17.9 Å². The minimum Gasteiger partial charge on any atom is -0.349 e. The van der Waals surface area contributed by atoms with Gasteiger partial charge in [0.2, 0.25) is 5.91 Å². The second kappa shape index (κ2) is 7.67. The SMILES string of the molecule is CC(C(=O)NC(c1cccc(Cl)c1)C1CCCCC1)C1CNC1. The molecule has 2 N–H and O–H groups in total. The second-order valence-electron chi connectivity index (χ2n) is 7.15. The predicted molar refractivity (Wildman–Crippen MR) is 94.4 cm³/mol. The first-order valence-corrected chi connectivity index (χ1v) is 9.29. The number of benzene rings is 1. The van der Waals surface area contributed by atoms with E-state index in [1.54, 1.807) is 0 Å². The van der Waals surface area contributed by atoms with Gasteiger partial charge in [-0.15, -0.1) is 0 Å². The van der Waals surface area contributed by atoms with Crippen molar-refractivity contribution >= 4 is 17.5 Å². The van der Waals surface area contributed by atoms with Crippen molar-refractivity contribution in [2.24, 2.45) is 17.8 Å². The minimum atomic E-state index is 0.0709. The maximum atomic E-state index is 12.7. The van der Waals surface area contributed by atoms with E-state index in [9.17, 15) is 4.79 Å². The lowest BCUT2D eigenvalue weighted by molar-refractivity contribution is -0.128. The number of halogens is 1. The van der Waals surface area contributed by atoms with Crippen LogP contribution in [0.3, 0.4) is 0 Å². The van der Waals surface area contributed by atoms with Crippen LogP contribution in [-0.2, 0) is 4.79 Å². The molecule has 126 valence electrons. The number of nitrogens with one attached hydrogen (secondary N) is 2. The zero-order chi connectivity index (χ0) is 16.2. The van der Waals surface area contributed by atoms with Crippen molar-refractivity contribution in [3.63, 3.8) is 0 Å². The molecule has 0 bridgehead atoms. The molecular weight excluding hydrogens is 308 g/mol. The van der Waals surface area contributed by atoms with Crippen LogP contribution in [-0.4, -0.2) is 19.0 Å². The van der Waals surface area contributed by atoms with Gasteiger partial charge in [-0.05, 0) is 55.5 Å². The van der Waals surface area contributed by atoms with Crippen molar-refractivity contribution in [2.45, 2.75) is 45.1 Å². The lowest BCUT2D eigenvalue weighted by Crippen LogP contribution is -2.50. The third kappa shape index (κ3) is 4.07. The third-order valence-electron chi connectivity index (χ3n) is 5.56. The van der Waals surface area contributed by atoms with Gasteiger partial charge in [-0.2, -0.15) is 0 Å². The van der Waals surface area contributed by atoms with Crippen molar-refractivity contribution in [3.8, 4) is 0 Å². The Labute approximate surface area is 144 Å². The molecule has 4 heteroatoms. The Bertz CT molecular complexity index is 538. The number of carbonyl (C=O) groups is 1. The zero-order valence-electron chi connectivity index (χ0n) is 13.9. The Morgan fingerprint density at radius 1 is 1.22 bits per heavy atom. The molecule has 1 heterocycles. The van der Waals surface area contributed by atoms with Gasteiger partial charge in [-0.3, -0.25) is 4.79 Å². The molecule has 1 saturated heterocycles. The maximum absolute atomic E-state index is 12.7. The highest BCUT2D eigenvalue weighted by atomic mass is 35.5. The summed E-state index contributed by atoms with van der Waals surface area (Å²) in [7, 11) is 0. The summed E-state index contributed by atoms with van der Waals surface area (Å²) in [6.45, 7) is 3.97. The van der Waals surface area contributed by atoms with Gasteiger partial charge in [-0.25, -0.2) is 0 Å². The van der Waals surface area contributed by atoms with Crippen LogP contribution in [0.15, 0.2) is 24.3 Å². The minimum absolute atomic E-state index is 0.0709. The van der Waals surface area contributed by atoms with Crippen LogP contribution in [0, 0.1) is 17.8 Å². The molecule has 0 spiro atoms. The highest BCUT2D eigenvalue weighted by Crippen LogP contribution is 2.35. The fraction of sp³-hybridized carbons (Fsp3) is 0.632. The summed E-state index contributed by atoms with van der Waals surface area (Å²) in [5.41, 5.74) is 1.15. The fourth-order valence-electron chi connectivity index (χ4n) is 3.80. The van der Waals surface area contributed by atoms with Gasteiger partial charge >= 0.3 is 0 Å². The topological polar surface area (TPSA) is 41.1 Å². The molecule has 0 radical (unpaired) electrons. The molecular formula is C19H27ClN2O. The first-order chi connectivity index (χ1) is 11.1. The Morgan fingerprint density at radius 2 is 1.96 bits per heavy atom. The van der Waals surface area contributed by atoms with Crippen molar-refractivity contribution in [3.05, 3.63) is 34.9 Å². The monoisotopic (exact) mass is 334 g/mol. The van der Waals surface area contributed by atoms with Crippen molar-refractivity contribution in [1.82, 2.24) is 10.6 Å². The van der Waals surface area contributed by atoms with E-state index < -0.39 is 0 Å². The zero-order valence-corrected chi connectivity index (χ0v) is 14.6. The number of hydrogen-bond donors (Lipinski definition) is 2. The molecule has 1 aliphatic heterocycles. The molecule has 2 unspecified atom stereocenters. The smallest absolute Gasteiger partial charge is 0.223 e. The predicted octanol–water partition coefficient (Wildman–Crippen LogP) is 3.93. The average Bonchev–Trinajstić information content (AvgIpc) is 2.51. The fourth-order valence-corrected chi connectivity index (χ4v) is 4.00. The summed E-state index contributed by atoms with van der Waals surface area (Å²) >= 11 is 6.19. The van der Waals surface area contributed by atoms with Gasteiger partial charge in [0.1, 0.15) is 0 Å². The van der Waals surface area contributed by atoms with Crippen LogP contribution in [0.4, 0.5) is 0 Å². The number of hydrogen-bond acceptors (Lipinski definition) is 2. The molecule has 2 atom stereocenters. The number of carbonyl (C=O) groups excluding carboxylic acids is 1. The molecule has 1 aromatic carbocycles. The molecule has 3 nitrogen and oxygen atoms in total. The van der Waals surface area contributed by atoms with Gasteiger partial charge in [0.05, 0.1) is 6.04 Å². The first-order valence-electron chi connectivity index (χ1n) is 8.91. The molecule has 0 aromatic heterocycles. The summed E-state index contributed by atoms with van der Waals surface area (Å²) < 4.78 is 0. The van der Waals surface area contributed by atoms with Gasteiger partial charge in [0, 0.05) is 10.9 Å². The lowest BCUT2D eigenvalue weighted by Gasteiger charge is -2.35. The van der Waals surface area contributed by atoms with Crippen molar-refractivity contribution in [2.75, 3.05) is 13.1 Å². The number of amides is 1. The average molecular weight is 335 g/mol. The summed E-state index contributed by atoms with van der Waals surface area (Å²) in [6.07, 6.45) is 6.23. The van der Waals surface area contributed by atoms with E-state index in [2.05, 4.69) is 23.6 Å². The highest BCUT2D eigenvalue weighted by molar-refractivity contribution is 6.30. The van der Waals surface area contributed by atoms with Crippen LogP contribution in [0.1, 0.15) is 50.6 Å². The Kier molecular flexibility index (Phi) is 5.60. The molecule has 1 amide bonds. The molecule has 1 saturated carbocycles. The summed E-state index contributed by atoms with van der Waals surface area (Å²) in [5, 5.41) is 7.35. The quantitative estimate of drug-likeness (QED) is 0.856. The van der Waals surface area contributed by atoms with E-state index in [0.717, 1.165) is 23.7 Å².